The van der Waals surface area contributed by atoms with Gasteiger partial charge in [0.15, 0.2) is 0 Å². The van der Waals surface area contributed by atoms with Gasteiger partial charge in [0.2, 0.25) is 0 Å². The molecule has 0 amide bonds. The summed E-state index contributed by atoms with van der Waals surface area (Å²) in [5.41, 5.74) is 7.83. The van der Waals surface area contributed by atoms with E-state index in [1.165, 1.54) is 38.9 Å². The van der Waals surface area contributed by atoms with Crippen LogP contribution in [-0.2, 0) is 6.54 Å². The van der Waals surface area contributed by atoms with Crippen LogP contribution in [-0.4, -0.2) is 4.57 Å². The first kappa shape index (κ1) is 13.1. The molecule has 0 unspecified atom stereocenters. The Bertz CT molecular complexity index is 908. The molecule has 1 aliphatic rings. The summed E-state index contributed by atoms with van der Waals surface area (Å²) in [5.74, 6) is 0. The van der Waals surface area contributed by atoms with Crippen LogP contribution < -0.4 is 0 Å². The highest BCUT2D eigenvalue weighted by molar-refractivity contribution is 5.91. The lowest BCUT2D eigenvalue weighted by Crippen LogP contribution is -2.00. The normalized spacial score (nSPS) is 14.3. The lowest BCUT2D eigenvalue weighted by atomic mass is 10.0. The van der Waals surface area contributed by atoms with Gasteiger partial charge in [-0.1, -0.05) is 53.6 Å². The van der Waals surface area contributed by atoms with E-state index in [1.54, 1.807) is 0 Å². The number of rotatable bonds is 1. The molecular weight excluding hydrogens is 266 g/mol. The zero-order chi connectivity index (χ0) is 15.1. The van der Waals surface area contributed by atoms with E-state index in [2.05, 4.69) is 85.2 Å². The van der Waals surface area contributed by atoms with Gasteiger partial charge in [0, 0.05) is 28.7 Å². The van der Waals surface area contributed by atoms with Crippen LogP contribution in [0.1, 0.15) is 23.7 Å². The lowest BCUT2D eigenvalue weighted by molar-refractivity contribution is 0.850. The van der Waals surface area contributed by atoms with Crippen LogP contribution in [0.15, 0.2) is 72.3 Å². The SMILES string of the molecule is CC1=CCn2c(cc3cc(C)ccc32)C(c2ccccc2)=C1. The van der Waals surface area contributed by atoms with Gasteiger partial charge < -0.3 is 4.57 Å². The van der Waals surface area contributed by atoms with E-state index in [0.29, 0.717) is 0 Å². The van der Waals surface area contributed by atoms with Crippen molar-refractivity contribution >= 4 is 16.5 Å². The molecule has 0 fully saturated rings. The van der Waals surface area contributed by atoms with Gasteiger partial charge in [-0.2, -0.15) is 0 Å². The third kappa shape index (κ3) is 2.10. The minimum absolute atomic E-state index is 0.931. The summed E-state index contributed by atoms with van der Waals surface area (Å²) in [6.07, 6.45) is 4.61. The first-order valence-corrected chi connectivity index (χ1v) is 7.76. The van der Waals surface area contributed by atoms with Crippen LogP contribution in [0, 0.1) is 6.92 Å². The van der Waals surface area contributed by atoms with Crippen LogP contribution in [0.3, 0.4) is 0 Å². The van der Waals surface area contributed by atoms with E-state index in [1.807, 2.05) is 0 Å². The molecule has 0 saturated carbocycles. The fraction of sp³-hybridized carbons (Fsp3) is 0.143. The van der Waals surface area contributed by atoms with Gasteiger partial charge in [-0.3, -0.25) is 0 Å². The third-order valence-corrected chi connectivity index (χ3v) is 4.39. The summed E-state index contributed by atoms with van der Waals surface area (Å²) < 4.78 is 2.42. The van der Waals surface area contributed by atoms with Crippen molar-refractivity contribution in [1.29, 1.82) is 0 Å². The number of benzene rings is 2. The first-order valence-electron chi connectivity index (χ1n) is 7.76. The molecule has 2 aromatic carbocycles. The molecule has 0 N–H and O–H groups in total. The molecule has 0 spiro atoms. The molecule has 0 atom stereocenters. The quantitative estimate of drug-likeness (QED) is 0.568. The summed E-state index contributed by atoms with van der Waals surface area (Å²) in [6, 6.07) is 19.7. The minimum atomic E-state index is 0.931. The van der Waals surface area contributed by atoms with Crippen molar-refractivity contribution in [1.82, 2.24) is 4.57 Å². The average Bonchev–Trinajstić information content (AvgIpc) is 2.80. The third-order valence-electron chi connectivity index (χ3n) is 4.39. The van der Waals surface area contributed by atoms with E-state index in [9.17, 15) is 0 Å². The van der Waals surface area contributed by atoms with Crippen LogP contribution in [0.4, 0.5) is 0 Å². The highest BCUT2D eigenvalue weighted by Gasteiger charge is 2.15. The maximum Gasteiger partial charge on any atom is 0.0500 e. The first-order chi connectivity index (χ1) is 10.7. The van der Waals surface area contributed by atoms with Gasteiger partial charge in [0.1, 0.15) is 0 Å². The maximum absolute atomic E-state index is 2.42. The molecule has 0 bridgehead atoms. The van der Waals surface area contributed by atoms with E-state index >= 15 is 0 Å². The number of allylic oxidation sites excluding steroid dienone is 3. The van der Waals surface area contributed by atoms with Gasteiger partial charge in [-0.25, -0.2) is 0 Å². The van der Waals surface area contributed by atoms with E-state index in [4.69, 9.17) is 0 Å². The Kier molecular flexibility index (Phi) is 3.00. The molecule has 1 aliphatic heterocycles. The zero-order valence-corrected chi connectivity index (χ0v) is 13.0. The Morgan fingerprint density at radius 3 is 2.55 bits per heavy atom. The molecule has 3 aromatic rings. The Morgan fingerprint density at radius 2 is 1.73 bits per heavy atom. The molecule has 1 nitrogen and oxygen atoms in total. The van der Waals surface area contributed by atoms with Crippen molar-refractivity contribution in [3.05, 3.63) is 89.1 Å². The molecule has 22 heavy (non-hydrogen) atoms. The highest BCUT2D eigenvalue weighted by Crippen LogP contribution is 2.32. The van der Waals surface area contributed by atoms with Crippen molar-refractivity contribution in [3.63, 3.8) is 0 Å². The molecule has 4 rings (SSSR count). The summed E-state index contributed by atoms with van der Waals surface area (Å²) in [6.45, 7) is 5.27. The highest BCUT2D eigenvalue weighted by atomic mass is 15.0. The molecular formula is C21H19N. The minimum Gasteiger partial charge on any atom is -0.337 e. The smallest absolute Gasteiger partial charge is 0.0500 e. The van der Waals surface area contributed by atoms with Gasteiger partial charge >= 0.3 is 0 Å². The van der Waals surface area contributed by atoms with E-state index in [-0.39, 0.29) is 0 Å². The van der Waals surface area contributed by atoms with E-state index in [0.717, 1.165) is 6.54 Å². The number of hydrogen-bond donors (Lipinski definition) is 0. The monoisotopic (exact) mass is 285 g/mol. The van der Waals surface area contributed by atoms with Gasteiger partial charge in [0.25, 0.3) is 0 Å². The molecule has 1 aromatic heterocycles. The second kappa shape index (κ2) is 5.03. The van der Waals surface area contributed by atoms with Crippen molar-refractivity contribution in [2.24, 2.45) is 0 Å². The molecule has 108 valence electrons. The number of hydrogen-bond acceptors (Lipinski definition) is 0. The molecule has 0 radical (unpaired) electrons. The molecule has 0 aliphatic carbocycles. The van der Waals surface area contributed by atoms with Crippen LogP contribution >= 0.6 is 0 Å². The van der Waals surface area contributed by atoms with Crippen molar-refractivity contribution in [2.75, 3.05) is 0 Å². The Hall–Kier alpha value is -2.54. The zero-order valence-electron chi connectivity index (χ0n) is 13.0. The maximum atomic E-state index is 2.42. The summed E-state index contributed by atoms with van der Waals surface area (Å²) in [7, 11) is 0. The Balaban J connectivity index is 2.01. The average molecular weight is 285 g/mol. The van der Waals surface area contributed by atoms with Crippen LogP contribution in [0.25, 0.3) is 16.5 Å². The standard InChI is InChI=1S/C21H19N/c1-15-8-9-20-18(12-15)14-21-19(17-6-4-3-5-7-17)13-16(2)10-11-22(20)21/h3-10,12-14H,11H2,1-2H3. The van der Waals surface area contributed by atoms with Crippen LogP contribution in [0.2, 0.25) is 0 Å². The van der Waals surface area contributed by atoms with Gasteiger partial charge in [-0.15, -0.1) is 0 Å². The van der Waals surface area contributed by atoms with Gasteiger partial charge in [-0.05, 0) is 43.7 Å². The summed E-state index contributed by atoms with van der Waals surface area (Å²) in [5, 5.41) is 1.32. The predicted octanol–water partition coefficient (Wildman–Crippen LogP) is 5.34. The van der Waals surface area contributed by atoms with E-state index < -0.39 is 0 Å². The number of fused-ring (bicyclic) bond motifs is 3. The Morgan fingerprint density at radius 1 is 0.909 bits per heavy atom. The molecule has 0 saturated heterocycles. The summed E-state index contributed by atoms with van der Waals surface area (Å²) in [4.78, 5) is 0. The van der Waals surface area contributed by atoms with Crippen molar-refractivity contribution in [3.8, 4) is 0 Å². The molecule has 1 heteroatoms. The topological polar surface area (TPSA) is 4.93 Å². The number of nitrogens with zero attached hydrogens (tertiary/aromatic N) is 1. The number of aromatic nitrogens is 1. The second-order valence-corrected chi connectivity index (χ2v) is 6.07. The van der Waals surface area contributed by atoms with Crippen molar-refractivity contribution < 1.29 is 0 Å². The summed E-state index contributed by atoms with van der Waals surface area (Å²) >= 11 is 0. The number of aryl methyl sites for hydroxylation is 1. The second-order valence-electron chi connectivity index (χ2n) is 6.07. The largest absolute Gasteiger partial charge is 0.337 e. The molecule has 2 heterocycles. The van der Waals surface area contributed by atoms with Crippen LogP contribution in [0.5, 0.6) is 0 Å². The van der Waals surface area contributed by atoms with Gasteiger partial charge in [0.05, 0.1) is 0 Å². The predicted molar refractivity (Wildman–Crippen MR) is 94.0 cm³/mol. The Labute approximate surface area is 131 Å². The lowest BCUT2D eigenvalue weighted by Gasteiger charge is -2.10. The fourth-order valence-corrected chi connectivity index (χ4v) is 3.25. The van der Waals surface area contributed by atoms with Crippen molar-refractivity contribution in [2.45, 2.75) is 20.4 Å². The fourth-order valence-electron chi connectivity index (χ4n) is 3.25.